The quantitative estimate of drug-likeness (QED) is 0.882. The fourth-order valence-corrected chi connectivity index (χ4v) is 2.27. The average molecular weight is 268 g/mol. The number of hydrogen-bond acceptors (Lipinski definition) is 2. The number of carbonyl (C=O) groups is 1. The predicted molar refractivity (Wildman–Crippen MR) is 68.5 cm³/mol. The Balaban J connectivity index is 1.97. The topological polar surface area (TPSA) is 41.1 Å². The highest BCUT2D eigenvalue weighted by molar-refractivity contribution is 5.79. The van der Waals surface area contributed by atoms with E-state index in [1.807, 2.05) is 0 Å². The fraction of sp³-hybridized carbons (Fsp3) is 0.500. The van der Waals surface area contributed by atoms with Gasteiger partial charge in [-0.15, -0.1) is 0 Å². The number of rotatable bonds is 3. The zero-order valence-electron chi connectivity index (χ0n) is 10.9. The van der Waals surface area contributed by atoms with Gasteiger partial charge in [0.15, 0.2) is 11.6 Å². The second-order valence-electron chi connectivity index (χ2n) is 4.95. The number of carbonyl (C=O) groups excluding carboxylic acids is 1. The van der Waals surface area contributed by atoms with Crippen LogP contribution in [0.1, 0.15) is 31.4 Å². The van der Waals surface area contributed by atoms with Crippen molar-refractivity contribution in [2.24, 2.45) is 5.92 Å². The lowest BCUT2D eigenvalue weighted by atomic mass is 9.98. The maximum atomic E-state index is 13.1. The summed E-state index contributed by atoms with van der Waals surface area (Å²) in [6, 6.07) is 3.36. The summed E-state index contributed by atoms with van der Waals surface area (Å²) >= 11 is 0. The van der Waals surface area contributed by atoms with Gasteiger partial charge < -0.3 is 10.6 Å². The van der Waals surface area contributed by atoms with E-state index in [0.29, 0.717) is 12.1 Å². The molecule has 19 heavy (non-hydrogen) atoms. The molecule has 2 N–H and O–H groups in total. The second-order valence-corrected chi connectivity index (χ2v) is 4.95. The molecule has 5 heteroatoms. The molecule has 3 nitrogen and oxygen atoms in total. The van der Waals surface area contributed by atoms with Crippen LogP contribution in [0.5, 0.6) is 0 Å². The molecule has 0 saturated carbocycles. The van der Waals surface area contributed by atoms with Gasteiger partial charge in [-0.05, 0) is 44.0 Å². The van der Waals surface area contributed by atoms with Crippen LogP contribution in [0, 0.1) is 17.6 Å². The standard InChI is InChI=1S/C14H18F2N2O/c1-9(10-4-5-12(15)13(16)7-10)18-14(19)11-3-2-6-17-8-11/h4-5,7,9,11,17H,2-3,6,8H2,1H3,(H,18,19). The van der Waals surface area contributed by atoms with E-state index in [1.165, 1.54) is 6.07 Å². The van der Waals surface area contributed by atoms with Gasteiger partial charge in [0.2, 0.25) is 5.91 Å². The van der Waals surface area contributed by atoms with Gasteiger partial charge in [0.25, 0.3) is 0 Å². The smallest absolute Gasteiger partial charge is 0.224 e. The molecule has 1 aliphatic heterocycles. The van der Waals surface area contributed by atoms with Gasteiger partial charge in [-0.2, -0.15) is 0 Å². The van der Waals surface area contributed by atoms with Crippen LogP contribution in [0.15, 0.2) is 18.2 Å². The van der Waals surface area contributed by atoms with Crippen LogP contribution >= 0.6 is 0 Å². The lowest BCUT2D eigenvalue weighted by Crippen LogP contribution is -2.41. The number of amides is 1. The Labute approximate surface area is 111 Å². The van der Waals surface area contributed by atoms with E-state index in [-0.39, 0.29) is 17.9 Å². The number of halogens is 2. The number of hydrogen-bond donors (Lipinski definition) is 2. The molecular formula is C14H18F2N2O. The second kappa shape index (κ2) is 6.10. The highest BCUT2D eigenvalue weighted by atomic mass is 19.2. The third-order valence-electron chi connectivity index (χ3n) is 3.47. The van der Waals surface area contributed by atoms with Crippen LogP contribution < -0.4 is 10.6 Å². The van der Waals surface area contributed by atoms with E-state index in [9.17, 15) is 13.6 Å². The zero-order chi connectivity index (χ0) is 13.8. The van der Waals surface area contributed by atoms with Crippen LogP contribution in [0.3, 0.4) is 0 Å². The Morgan fingerprint density at radius 3 is 2.84 bits per heavy atom. The van der Waals surface area contributed by atoms with Gasteiger partial charge in [0.1, 0.15) is 0 Å². The van der Waals surface area contributed by atoms with Crippen LogP contribution in [0.25, 0.3) is 0 Å². The van der Waals surface area contributed by atoms with Crippen LogP contribution in [0.4, 0.5) is 8.78 Å². The lowest BCUT2D eigenvalue weighted by molar-refractivity contribution is -0.126. The summed E-state index contributed by atoms with van der Waals surface area (Å²) in [5.74, 6) is -1.84. The molecule has 1 fully saturated rings. The number of nitrogens with one attached hydrogen (secondary N) is 2. The maximum absolute atomic E-state index is 13.1. The van der Waals surface area contributed by atoms with Crippen molar-refractivity contribution in [2.45, 2.75) is 25.8 Å². The molecule has 0 spiro atoms. The molecule has 1 aromatic rings. The summed E-state index contributed by atoms with van der Waals surface area (Å²) in [7, 11) is 0. The Hall–Kier alpha value is -1.49. The zero-order valence-corrected chi connectivity index (χ0v) is 10.9. The minimum Gasteiger partial charge on any atom is -0.349 e. The largest absolute Gasteiger partial charge is 0.349 e. The predicted octanol–water partition coefficient (Wildman–Crippen LogP) is 2.14. The maximum Gasteiger partial charge on any atom is 0.224 e. The van der Waals surface area contributed by atoms with Crippen molar-refractivity contribution < 1.29 is 13.6 Å². The average Bonchev–Trinajstić information content (AvgIpc) is 2.42. The molecule has 1 heterocycles. The first-order chi connectivity index (χ1) is 9.08. The van der Waals surface area contributed by atoms with Crippen molar-refractivity contribution in [2.75, 3.05) is 13.1 Å². The van der Waals surface area contributed by atoms with E-state index >= 15 is 0 Å². The van der Waals surface area contributed by atoms with Crippen molar-refractivity contribution >= 4 is 5.91 Å². The highest BCUT2D eigenvalue weighted by Gasteiger charge is 2.22. The van der Waals surface area contributed by atoms with Crippen molar-refractivity contribution in [3.8, 4) is 0 Å². The van der Waals surface area contributed by atoms with Crippen LogP contribution in [-0.4, -0.2) is 19.0 Å². The van der Waals surface area contributed by atoms with Crippen molar-refractivity contribution in [1.29, 1.82) is 0 Å². The molecule has 0 bridgehead atoms. The van der Waals surface area contributed by atoms with E-state index in [1.54, 1.807) is 6.92 Å². The molecule has 2 rings (SSSR count). The first-order valence-electron chi connectivity index (χ1n) is 6.54. The summed E-state index contributed by atoms with van der Waals surface area (Å²) in [6.45, 7) is 3.39. The molecule has 1 aliphatic rings. The monoisotopic (exact) mass is 268 g/mol. The first-order valence-corrected chi connectivity index (χ1v) is 6.54. The molecule has 0 radical (unpaired) electrons. The molecule has 2 unspecified atom stereocenters. The number of benzene rings is 1. The van der Waals surface area contributed by atoms with Gasteiger partial charge >= 0.3 is 0 Å². The van der Waals surface area contributed by atoms with E-state index < -0.39 is 11.6 Å². The third kappa shape index (κ3) is 3.50. The van der Waals surface area contributed by atoms with Crippen molar-refractivity contribution in [3.05, 3.63) is 35.4 Å². The van der Waals surface area contributed by atoms with E-state index in [4.69, 9.17) is 0 Å². The van der Waals surface area contributed by atoms with E-state index in [0.717, 1.165) is 31.5 Å². The van der Waals surface area contributed by atoms with Gasteiger partial charge in [0, 0.05) is 6.54 Å². The Bertz CT molecular complexity index is 459. The van der Waals surface area contributed by atoms with Crippen molar-refractivity contribution in [1.82, 2.24) is 10.6 Å². The van der Waals surface area contributed by atoms with Gasteiger partial charge in [-0.3, -0.25) is 4.79 Å². The molecule has 1 amide bonds. The normalized spacial score (nSPS) is 20.9. The lowest BCUT2D eigenvalue weighted by Gasteiger charge is -2.24. The van der Waals surface area contributed by atoms with Gasteiger partial charge in [-0.1, -0.05) is 6.07 Å². The van der Waals surface area contributed by atoms with Gasteiger partial charge in [-0.25, -0.2) is 8.78 Å². The van der Waals surface area contributed by atoms with Crippen LogP contribution in [0.2, 0.25) is 0 Å². The Morgan fingerprint density at radius 2 is 2.21 bits per heavy atom. The SMILES string of the molecule is CC(NC(=O)C1CCCNC1)c1ccc(F)c(F)c1. The highest BCUT2D eigenvalue weighted by Crippen LogP contribution is 2.17. The molecule has 104 valence electrons. The van der Waals surface area contributed by atoms with E-state index in [2.05, 4.69) is 10.6 Å². The summed E-state index contributed by atoms with van der Waals surface area (Å²) in [5.41, 5.74) is 0.566. The molecule has 1 saturated heterocycles. The van der Waals surface area contributed by atoms with Gasteiger partial charge in [0.05, 0.1) is 12.0 Å². The Morgan fingerprint density at radius 1 is 1.42 bits per heavy atom. The van der Waals surface area contributed by atoms with Crippen molar-refractivity contribution in [3.63, 3.8) is 0 Å². The fourth-order valence-electron chi connectivity index (χ4n) is 2.27. The summed E-state index contributed by atoms with van der Waals surface area (Å²) in [4.78, 5) is 12.0. The molecular weight excluding hydrogens is 250 g/mol. The Kier molecular flexibility index (Phi) is 4.47. The molecule has 2 atom stereocenters. The summed E-state index contributed by atoms with van der Waals surface area (Å²) < 4.78 is 26.0. The first kappa shape index (κ1) is 13.9. The number of piperidine rings is 1. The minimum atomic E-state index is -0.891. The third-order valence-corrected chi connectivity index (χ3v) is 3.47. The molecule has 0 aliphatic carbocycles. The summed E-state index contributed by atoms with van der Waals surface area (Å²) in [6.07, 6.45) is 1.85. The van der Waals surface area contributed by atoms with Crippen LogP contribution in [-0.2, 0) is 4.79 Å². The molecule has 1 aromatic carbocycles. The molecule has 0 aromatic heterocycles. The minimum absolute atomic E-state index is 0.0376. The summed E-state index contributed by atoms with van der Waals surface area (Å²) in [5, 5.41) is 6.02.